The van der Waals surface area contributed by atoms with Crippen LogP contribution in [0.5, 0.6) is 0 Å². The van der Waals surface area contributed by atoms with Crippen LogP contribution in [0.25, 0.3) is 10.8 Å². The van der Waals surface area contributed by atoms with Gasteiger partial charge in [0.1, 0.15) is 0 Å². The standard InChI is InChI=1S/C11H11F3N8S.C2HF3O2/c12-11(13,14)10(18-19-10)7-2-1-3-22(7)4-6-5-23-9(15-6)8-16-20-21-17-8;3-2(4,5)1(6)7/h5,7H,1-4H2,(H,16,17,20,21);(H,6,7). The highest BCUT2D eigenvalue weighted by Crippen LogP contribution is 2.51. The zero-order chi connectivity index (χ0) is 22.2. The van der Waals surface area contributed by atoms with Crippen molar-refractivity contribution in [2.45, 2.75) is 43.4 Å². The molecule has 2 aliphatic heterocycles. The molecule has 17 heteroatoms. The van der Waals surface area contributed by atoms with E-state index in [1.54, 1.807) is 10.3 Å². The number of carbonyl (C=O) groups is 1. The van der Waals surface area contributed by atoms with Crippen molar-refractivity contribution in [1.82, 2.24) is 30.5 Å². The highest BCUT2D eigenvalue weighted by Gasteiger charge is 2.69. The number of carboxylic acids is 1. The van der Waals surface area contributed by atoms with Gasteiger partial charge in [0.05, 0.1) is 11.7 Å². The van der Waals surface area contributed by atoms with E-state index in [4.69, 9.17) is 9.90 Å². The quantitative estimate of drug-likeness (QED) is 0.673. The molecule has 10 nitrogen and oxygen atoms in total. The van der Waals surface area contributed by atoms with E-state index >= 15 is 0 Å². The monoisotopic (exact) mass is 458 g/mol. The van der Waals surface area contributed by atoms with E-state index in [0.29, 0.717) is 42.5 Å². The first kappa shape index (κ1) is 22.0. The fraction of sp³-hybridized carbons (Fsp3) is 0.615. The molecule has 0 saturated carbocycles. The van der Waals surface area contributed by atoms with Gasteiger partial charge in [0.25, 0.3) is 5.66 Å². The van der Waals surface area contributed by atoms with Crippen LogP contribution in [0.1, 0.15) is 18.5 Å². The van der Waals surface area contributed by atoms with Crippen LogP contribution < -0.4 is 0 Å². The Bertz CT molecular complexity index is 906. The lowest BCUT2D eigenvalue weighted by atomic mass is 10.0. The Balaban J connectivity index is 0.000000318. The molecule has 2 aromatic heterocycles. The lowest BCUT2D eigenvalue weighted by Gasteiger charge is -2.29. The number of halogens is 6. The minimum absolute atomic E-state index is 0.321. The lowest BCUT2D eigenvalue weighted by Crippen LogP contribution is -2.50. The first-order valence-electron chi connectivity index (χ1n) is 8.17. The maximum atomic E-state index is 13.2. The number of aromatic amines is 1. The normalized spacial score (nSPS) is 20.7. The second-order valence-electron chi connectivity index (χ2n) is 6.23. The third-order valence-electron chi connectivity index (χ3n) is 4.26. The first-order valence-corrected chi connectivity index (χ1v) is 9.05. The van der Waals surface area contributed by atoms with Crippen LogP contribution in [-0.2, 0) is 11.3 Å². The molecule has 0 aromatic carbocycles. The molecule has 2 N–H and O–H groups in total. The van der Waals surface area contributed by atoms with Crippen molar-refractivity contribution in [2.24, 2.45) is 10.2 Å². The summed E-state index contributed by atoms with van der Waals surface area (Å²) in [6.45, 7) is 0.893. The molecule has 0 radical (unpaired) electrons. The topological polar surface area (TPSA) is 133 Å². The van der Waals surface area contributed by atoms with Gasteiger partial charge in [0.2, 0.25) is 5.82 Å². The summed E-state index contributed by atoms with van der Waals surface area (Å²) in [7, 11) is 0. The molecular formula is C13H12F6N8O2S. The van der Waals surface area contributed by atoms with Gasteiger partial charge in [0.15, 0.2) is 5.01 Å². The number of nitrogens with zero attached hydrogens (tertiary/aromatic N) is 7. The van der Waals surface area contributed by atoms with Crippen molar-refractivity contribution in [3.63, 3.8) is 0 Å². The Hall–Kier alpha value is -2.69. The number of hydrogen-bond donors (Lipinski definition) is 2. The van der Waals surface area contributed by atoms with Gasteiger partial charge in [-0.25, -0.2) is 9.78 Å². The minimum atomic E-state index is -5.08. The Morgan fingerprint density at radius 1 is 1.30 bits per heavy atom. The minimum Gasteiger partial charge on any atom is -0.475 e. The number of rotatable bonds is 4. The third kappa shape index (κ3) is 4.55. The number of thiazole rings is 1. The van der Waals surface area contributed by atoms with E-state index in [-0.39, 0.29) is 0 Å². The van der Waals surface area contributed by atoms with Crippen molar-refractivity contribution in [2.75, 3.05) is 6.54 Å². The number of likely N-dealkylation sites (tertiary alicyclic amines) is 1. The fourth-order valence-electron chi connectivity index (χ4n) is 2.90. The average molecular weight is 458 g/mol. The van der Waals surface area contributed by atoms with E-state index in [1.807, 2.05) is 0 Å². The van der Waals surface area contributed by atoms with Crippen molar-refractivity contribution in [1.29, 1.82) is 0 Å². The SMILES string of the molecule is FC(F)(F)C1(C2CCCN2Cc2csc(-c3nn[nH]n3)n2)N=N1.O=C(O)C(F)(F)F. The van der Waals surface area contributed by atoms with Gasteiger partial charge in [-0.05, 0) is 24.6 Å². The van der Waals surface area contributed by atoms with E-state index in [0.717, 1.165) is 0 Å². The molecule has 0 amide bonds. The summed E-state index contributed by atoms with van der Waals surface area (Å²) >= 11 is 1.33. The molecule has 1 atom stereocenters. The molecule has 1 unspecified atom stereocenters. The zero-order valence-electron chi connectivity index (χ0n) is 14.6. The summed E-state index contributed by atoms with van der Waals surface area (Å²) in [6.07, 6.45) is -8.41. The summed E-state index contributed by atoms with van der Waals surface area (Å²) in [4.78, 5) is 15.0. The Morgan fingerprint density at radius 3 is 2.47 bits per heavy atom. The van der Waals surface area contributed by atoms with Gasteiger partial charge in [0, 0.05) is 11.9 Å². The predicted octanol–water partition coefficient (Wildman–Crippen LogP) is 2.65. The first-order chi connectivity index (χ1) is 13.9. The molecule has 0 bridgehead atoms. The smallest absolute Gasteiger partial charge is 0.475 e. The van der Waals surface area contributed by atoms with Crippen molar-refractivity contribution in [3.05, 3.63) is 11.1 Å². The fourth-order valence-corrected chi connectivity index (χ4v) is 3.64. The van der Waals surface area contributed by atoms with Crippen LogP contribution in [0.15, 0.2) is 15.6 Å². The van der Waals surface area contributed by atoms with Crippen LogP contribution in [0, 0.1) is 0 Å². The van der Waals surface area contributed by atoms with Crippen molar-refractivity contribution >= 4 is 17.3 Å². The molecule has 30 heavy (non-hydrogen) atoms. The molecule has 164 valence electrons. The number of aliphatic carboxylic acids is 1. The van der Waals surface area contributed by atoms with E-state index in [1.165, 1.54) is 11.3 Å². The molecule has 0 spiro atoms. The molecule has 2 aliphatic rings. The average Bonchev–Trinajstić information content (AvgIpc) is 3.05. The van der Waals surface area contributed by atoms with Gasteiger partial charge < -0.3 is 5.11 Å². The van der Waals surface area contributed by atoms with Gasteiger partial charge >= 0.3 is 18.3 Å². The number of carboxylic acid groups (broad SMARTS) is 1. The van der Waals surface area contributed by atoms with Gasteiger partial charge in [-0.3, -0.25) is 4.90 Å². The highest BCUT2D eigenvalue weighted by atomic mass is 32.1. The van der Waals surface area contributed by atoms with Gasteiger partial charge in [-0.1, -0.05) is 0 Å². The lowest BCUT2D eigenvalue weighted by molar-refractivity contribution is -0.192. The maximum absolute atomic E-state index is 13.2. The van der Waals surface area contributed by atoms with Crippen LogP contribution in [0.2, 0.25) is 0 Å². The molecule has 1 fully saturated rings. The highest BCUT2D eigenvalue weighted by molar-refractivity contribution is 7.13. The number of alkyl halides is 6. The molecule has 0 aliphatic carbocycles. The van der Waals surface area contributed by atoms with Crippen molar-refractivity contribution < 1.29 is 36.2 Å². The van der Waals surface area contributed by atoms with Crippen molar-refractivity contribution in [3.8, 4) is 10.8 Å². The van der Waals surface area contributed by atoms with E-state index in [9.17, 15) is 26.3 Å². The summed E-state index contributed by atoms with van der Waals surface area (Å²) in [6, 6.07) is -0.752. The molecule has 1 saturated heterocycles. The summed E-state index contributed by atoms with van der Waals surface area (Å²) in [5, 5.41) is 29.6. The van der Waals surface area contributed by atoms with Crippen LogP contribution in [0.3, 0.4) is 0 Å². The van der Waals surface area contributed by atoms with E-state index in [2.05, 4.69) is 35.8 Å². The molecular weight excluding hydrogens is 446 g/mol. The number of nitrogens with one attached hydrogen (secondary N) is 1. The number of H-pyrrole nitrogens is 1. The summed E-state index contributed by atoms with van der Waals surface area (Å²) < 4.78 is 71.3. The Kier molecular flexibility index (Phi) is 5.76. The molecule has 2 aromatic rings. The van der Waals surface area contributed by atoms with Crippen LogP contribution in [0.4, 0.5) is 26.3 Å². The zero-order valence-corrected chi connectivity index (χ0v) is 15.5. The molecule has 4 heterocycles. The largest absolute Gasteiger partial charge is 0.490 e. The van der Waals surface area contributed by atoms with Gasteiger partial charge in [-0.2, -0.15) is 31.6 Å². The Labute approximate surface area is 167 Å². The predicted molar refractivity (Wildman–Crippen MR) is 86.1 cm³/mol. The molecule has 4 rings (SSSR count). The number of aromatic nitrogens is 5. The summed E-state index contributed by atoms with van der Waals surface area (Å²) in [5.74, 6) is -2.38. The second kappa shape index (κ2) is 7.86. The van der Waals surface area contributed by atoms with E-state index < -0.39 is 30.0 Å². The van der Waals surface area contributed by atoms with Crippen LogP contribution >= 0.6 is 11.3 Å². The third-order valence-corrected chi connectivity index (χ3v) is 5.14. The number of hydrogen-bond acceptors (Lipinski definition) is 9. The van der Waals surface area contributed by atoms with Gasteiger partial charge in [-0.15, -0.1) is 31.8 Å². The number of tetrazole rings is 1. The van der Waals surface area contributed by atoms with Crippen LogP contribution in [-0.4, -0.2) is 72.2 Å². The maximum Gasteiger partial charge on any atom is 0.490 e. The summed E-state index contributed by atoms with van der Waals surface area (Å²) in [5.41, 5.74) is -1.56. The Morgan fingerprint density at radius 2 is 1.97 bits per heavy atom. The second-order valence-corrected chi connectivity index (χ2v) is 7.09.